The molecule has 0 atom stereocenters. The van der Waals surface area contributed by atoms with Gasteiger partial charge in [0, 0.05) is 23.9 Å². The highest BCUT2D eigenvalue weighted by atomic mass is 16.2. The SMILES string of the molecule is Cc1ccccc1C(=O)c1c[nH]c(C(=O)NCCCN(C)C)c1. The largest absolute Gasteiger partial charge is 0.356 e. The molecule has 5 nitrogen and oxygen atoms in total. The maximum Gasteiger partial charge on any atom is 0.267 e. The molecule has 2 N–H and O–H groups in total. The van der Waals surface area contributed by atoms with Crippen LogP contribution in [0.4, 0.5) is 0 Å². The fourth-order valence-corrected chi connectivity index (χ4v) is 2.33. The van der Waals surface area contributed by atoms with Gasteiger partial charge >= 0.3 is 0 Å². The molecule has 0 aliphatic rings. The summed E-state index contributed by atoms with van der Waals surface area (Å²) < 4.78 is 0. The van der Waals surface area contributed by atoms with Crippen LogP contribution in [0.25, 0.3) is 0 Å². The van der Waals surface area contributed by atoms with Crippen molar-refractivity contribution in [3.05, 3.63) is 58.9 Å². The standard InChI is InChI=1S/C18H23N3O2/c1-13-7-4-5-8-15(13)17(22)14-11-16(20-12-14)18(23)19-9-6-10-21(2)3/h4-5,7-8,11-12,20H,6,9-10H2,1-3H3,(H,19,23). The summed E-state index contributed by atoms with van der Waals surface area (Å²) in [5.74, 6) is -0.265. The number of aromatic amines is 1. The maximum atomic E-state index is 12.5. The number of carbonyl (C=O) groups excluding carboxylic acids is 2. The molecule has 1 aromatic carbocycles. The zero-order chi connectivity index (χ0) is 16.8. The Kier molecular flexibility index (Phi) is 5.71. The number of nitrogens with zero attached hydrogens (tertiary/aromatic N) is 1. The molecule has 1 aromatic heterocycles. The van der Waals surface area contributed by atoms with Crippen molar-refractivity contribution >= 4 is 11.7 Å². The number of aryl methyl sites for hydroxylation is 1. The van der Waals surface area contributed by atoms with Crippen LogP contribution in [0.1, 0.15) is 38.4 Å². The van der Waals surface area contributed by atoms with Crippen LogP contribution in [-0.2, 0) is 0 Å². The molecule has 0 aliphatic carbocycles. The Morgan fingerprint density at radius 1 is 1.22 bits per heavy atom. The van der Waals surface area contributed by atoms with Gasteiger partial charge < -0.3 is 15.2 Å². The lowest BCUT2D eigenvalue weighted by atomic mass is 10.0. The van der Waals surface area contributed by atoms with E-state index in [1.165, 1.54) is 0 Å². The van der Waals surface area contributed by atoms with Crippen LogP contribution in [0, 0.1) is 6.92 Å². The van der Waals surface area contributed by atoms with Crippen LogP contribution in [0.15, 0.2) is 36.5 Å². The van der Waals surface area contributed by atoms with Crippen molar-refractivity contribution in [2.45, 2.75) is 13.3 Å². The molecular formula is C18H23N3O2. The summed E-state index contributed by atoms with van der Waals surface area (Å²) in [5, 5.41) is 2.85. The number of amides is 1. The molecule has 5 heteroatoms. The lowest BCUT2D eigenvalue weighted by Gasteiger charge is -2.09. The number of rotatable bonds is 7. The van der Waals surface area contributed by atoms with Crippen molar-refractivity contribution in [3.63, 3.8) is 0 Å². The lowest BCUT2D eigenvalue weighted by molar-refractivity contribution is 0.0948. The van der Waals surface area contributed by atoms with E-state index in [4.69, 9.17) is 0 Å². The first-order valence-corrected chi connectivity index (χ1v) is 7.70. The normalized spacial score (nSPS) is 10.8. The molecule has 0 fully saturated rings. The molecule has 2 aromatic rings. The van der Waals surface area contributed by atoms with Gasteiger partial charge in [0.05, 0.1) is 0 Å². The number of benzene rings is 1. The minimum absolute atomic E-state index is 0.0778. The predicted octanol–water partition coefficient (Wildman–Crippen LogP) is 2.24. The van der Waals surface area contributed by atoms with Crippen molar-refractivity contribution in [1.82, 2.24) is 15.2 Å². The Morgan fingerprint density at radius 2 is 1.96 bits per heavy atom. The van der Waals surface area contributed by atoms with Gasteiger partial charge in [-0.05, 0) is 45.6 Å². The van der Waals surface area contributed by atoms with Crippen LogP contribution in [-0.4, -0.2) is 48.8 Å². The quantitative estimate of drug-likeness (QED) is 0.608. The number of nitrogens with one attached hydrogen (secondary N) is 2. The summed E-state index contributed by atoms with van der Waals surface area (Å²) in [5.41, 5.74) is 2.49. The first-order valence-electron chi connectivity index (χ1n) is 7.70. The van der Waals surface area contributed by atoms with Crippen molar-refractivity contribution in [3.8, 4) is 0 Å². The molecule has 1 heterocycles. The van der Waals surface area contributed by atoms with E-state index in [-0.39, 0.29) is 11.7 Å². The lowest BCUT2D eigenvalue weighted by Crippen LogP contribution is -2.27. The molecule has 0 unspecified atom stereocenters. The highest BCUT2D eigenvalue weighted by Crippen LogP contribution is 2.14. The van der Waals surface area contributed by atoms with Gasteiger partial charge in [-0.2, -0.15) is 0 Å². The first-order chi connectivity index (χ1) is 11.0. The van der Waals surface area contributed by atoms with Crippen LogP contribution >= 0.6 is 0 Å². The third-order valence-electron chi connectivity index (χ3n) is 3.65. The fraction of sp³-hybridized carbons (Fsp3) is 0.333. The Morgan fingerprint density at radius 3 is 2.65 bits per heavy atom. The summed E-state index contributed by atoms with van der Waals surface area (Å²) in [7, 11) is 3.99. The topological polar surface area (TPSA) is 65.2 Å². The summed E-state index contributed by atoms with van der Waals surface area (Å²) in [6.07, 6.45) is 2.47. The van der Waals surface area contributed by atoms with Crippen molar-refractivity contribution in [2.75, 3.05) is 27.2 Å². The summed E-state index contributed by atoms with van der Waals surface area (Å²) in [6.45, 7) is 3.43. The van der Waals surface area contributed by atoms with Crippen molar-refractivity contribution < 1.29 is 9.59 Å². The van der Waals surface area contributed by atoms with Gasteiger partial charge in [0.15, 0.2) is 5.78 Å². The molecule has 2 rings (SSSR count). The third-order valence-corrected chi connectivity index (χ3v) is 3.65. The summed E-state index contributed by atoms with van der Waals surface area (Å²) in [6, 6.07) is 9.04. The van der Waals surface area contributed by atoms with E-state index < -0.39 is 0 Å². The highest BCUT2D eigenvalue weighted by molar-refractivity contribution is 6.10. The van der Waals surface area contributed by atoms with Crippen LogP contribution in [0.5, 0.6) is 0 Å². The van der Waals surface area contributed by atoms with E-state index in [9.17, 15) is 9.59 Å². The van der Waals surface area contributed by atoms with Crippen LogP contribution in [0.3, 0.4) is 0 Å². The number of carbonyl (C=O) groups is 2. The van der Waals surface area contributed by atoms with E-state index in [2.05, 4.69) is 15.2 Å². The van der Waals surface area contributed by atoms with Gasteiger partial charge in [0.25, 0.3) is 5.91 Å². The number of hydrogen-bond acceptors (Lipinski definition) is 3. The first kappa shape index (κ1) is 17.0. The van der Waals surface area contributed by atoms with Gasteiger partial charge in [0.2, 0.25) is 0 Å². The van der Waals surface area contributed by atoms with E-state index in [1.807, 2.05) is 39.2 Å². The summed E-state index contributed by atoms with van der Waals surface area (Å²) >= 11 is 0. The smallest absolute Gasteiger partial charge is 0.267 e. The van der Waals surface area contributed by atoms with Gasteiger partial charge in [-0.3, -0.25) is 9.59 Å². The highest BCUT2D eigenvalue weighted by Gasteiger charge is 2.15. The Bertz CT molecular complexity index is 689. The maximum absolute atomic E-state index is 12.5. The molecule has 23 heavy (non-hydrogen) atoms. The fourth-order valence-electron chi connectivity index (χ4n) is 2.33. The van der Waals surface area contributed by atoms with E-state index >= 15 is 0 Å². The van der Waals surface area contributed by atoms with E-state index in [0.29, 0.717) is 23.4 Å². The van der Waals surface area contributed by atoms with Crippen LogP contribution in [0.2, 0.25) is 0 Å². The van der Waals surface area contributed by atoms with Gasteiger partial charge in [-0.25, -0.2) is 0 Å². The zero-order valence-electron chi connectivity index (χ0n) is 13.8. The summed E-state index contributed by atoms with van der Waals surface area (Å²) in [4.78, 5) is 29.5. The monoisotopic (exact) mass is 313 g/mol. The average molecular weight is 313 g/mol. The van der Waals surface area contributed by atoms with Gasteiger partial charge in [0.1, 0.15) is 5.69 Å². The second-order valence-corrected chi connectivity index (χ2v) is 5.86. The van der Waals surface area contributed by atoms with Gasteiger partial charge in [-0.1, -0.05) is 24.3 Å². The third kappa shape index (κ3) is 4.53. The number of ketones is 1. The second kappa shape index (κ2) is 7.74. The molecule has 0 radical (unpaired) electrons. The molecule has 1 amide bonds. The molecule has 0 spiro atoms. The molecule has 122 valence electrons. The Balaban J connectivity index is 1.99. The van der Waals surface area contributed by atoms with Gasteiger partial charge in [-0.15, -0.1) is 0 Å². The Labute approximate surface area is 136 Å². The molecule has 0 bridgehead atoms. The number of aromatic nitrogens is 1. The van der Waals surface area contributed by atoms with Crippen molar-refractivity contribution in [2.24, 2.45) is 0 Å². The van der Waals surface area contributed by atoms with Crippen LogP contribution < -0.4 is 5.32 Å². The second-order valence-electron chi connectivity index (χ2n) is 5.86. The van der Waals surface area contributed by atoms with Crippen molar-refractivity contribution in [1.29, 1.82) is 0 Å². The molecule has 0 saturated carbocycles. The molecule has 0 aliphatic heterocycles. The van der Waals surface area contributed by atoms with E-state index in [1.54, 1.807) is 18.3 Å². The number of hydrogen-bond donors (Lipinski definition) is 2. The minimum atomic E-state index is -0.187. The molecular weight excluding hydrogens is 290 g/mol. The number of H-pyrrole nitrogens is 1. The average Bonchev–Trinajstić information content (AvgIpc) is 3.01. The minimum Gasteiger partial charge on any atom is -0.356 e. The van der Waals surface area contributed by atoms with E-state index in [0.717, 1.165) is 18.5 Å². The Hall–Kier alpha value is -2.40. The zero-order valence-corrected chi connectivity index (χ0v) is 13.8. The molecule has 0 saturated heterocycles. The predicted molar refractivity (Wildman–Crippen MR) is 90.9 cm³/mol.